The minimum Gasteiger partial charge on any atom is -0.478 e. The van der Waals surface area contributed by atoms with Crippen molar-refractivity contribution in [3.63, 3.8) is 0 Å². The van der Waals surface area contributed by atoms with Gasteiger partial charge in [0.2, 0.25) is 12.2 Å². The van der Waals surface area contributed by atoms with E-state index in [4.69, 9.17) is 9.47 Å². The summed E-state index contributed by atoms with van der Waals surface area (Å²) in [5.74, 6) is -7.81. The van der Waals surface area contributed by atoms with Crippen molar-refractivity contribution < 1.29 is 58.0 Å². The summed E-state index contributed by atoms with van der Waals surface area (Å²) in [6, 6.07) is 8.66. The molecule has 0 bridgehead atoms. The normalized spacial score (nSPS) is 11.8. The molecule has 0 saturated heterocycles. The van der Waals surface area contributed by atoms with Gasteiger partial charge in [-0.25, -0.2) is 14.4 Å². The van der Waals surface area contributed by atoms with E-state index in [-0.39, 0.29) is 17.8 Å². The van der Waals surface area contributed by atoms with Gasteiger partial charge >= 0.3 is 29.8 Å². The van der Waals surface area contributed by atoms with Crippen molar-refractivity contribution in [3.8, 4) is 0 Å². The number of ether oxygens (including phenoxy) is 3. The lowest BCUT2D eigenvalue weighted by Gasteiger charge is -2.25. The molecule has 2 aromatic carbocycles. The third-order valence-electron chi connectivity index (χ3n) is 4.91. The number of esters is 3. The summed E-state index contributed by atoms with van der Waals surface area (Å²) >= 11 is 0. The predicted molar refractivity (Wildman–Crippen MR) is 130 cm³/mol. The average Bonchev–Trinajstić information content (AvgIpc) is 2.88. The summed E-state index contributed by atoms with van der Waals surface area (Å²) in [6.45, 7) is 1.73. The van der Waals surface area contributed by atoms with E-state index in [1.165, 1.54) is 31.4 Å². The smallest absolute Gasteiger partial charge is 0.337 e. The van der Waals surface area contributed by atoms with Crippen LogP contribution in [0.2, 0.25) is 0 Å². The number of benzene rings is 2. The van der Waals surface area contributed by atoms with Gasteiger partial charge in [0.15, 0.2) is 0 Å². The molecule has 2 amide bonds. The molecule has 39 heavy (non-hydrogen) atoms. The number of carboxylic acid groups (broad SMARTS) is 2. The zero-order valence-corrected chi connectivity index (χ0v) is 20.9. The lowest BCUT2D eigenvalue weighted by atomic mass is 10.1. The summed E-state index contributed by atoms with van der Waals surface area (Å²) in [5, 5.41) is 23.1. The second-order valence-electron chi connectivity index (χ2n) is 7.86. The number of carboxylic acids is 2. The highest BCUT2D eigenvalue weighted by molar-refractivity contribution is 6.02. The highest BCUT2D eigenvalue weighted by atomic mass is 16.6. The lowest BCUT2D eigenvalue weighted by molar-refractivity contribution is -0.173. The fourth-order valence-corrected chi connectivity index (χ4v) is 3.19. The van der Waals surface area contributed by atoms with E-state index < -0.39 is 65.0 Å². The van der Waals surface area contributed by atoms with Gasteiger partial charge in [-0.1, -0.05) is 12.1 Å². The van der Waals surface area contributed by atoms with Crippen molar-refractivity contribution in [3.05, 3.63) is 64.7 Å². The molecule has 206 valence electrons. The molecule has 0 saturated carbocycles. The topological polar surface area (TPSA) is 212 Å². The molecule has 0 heterocycles. The Balaban J connectivity index is 2.31. The van der Waals surface area contributed by atoms with Crippen LogP contribution in [-0.4, -0.2) is 71.2 Å². The summed E-state index contributed by atoms with van der Waals surface area (Å²) in [4.78, 5) is 83.7. The fraction of sp³-hybridized carbons (Fsp3) is 0.240. The number of carbonyl (C=O) groups excluding carboxylic acids is 5. The van der Waals surface area contributed by atoms with Crippen molar-refractivity contribution in [1.82, 2.24) is 5.32 Å². The molecule has 2 rings (SSSR count). The Labute approximate surface area is 220 Å². The standard InChI is InChI=1S/C25H24N2O12/c1-12(28)38-19(21(30)26-11-14-4-6-15(7-5-14)25(36)37-3)20(39-13(2)29)22(31)27-18-9-16(23(32)33)8-17(10-18)24(34)35/h4-10,19-20H,11H2,1-3H3,(H,26,30)(H,27,31)(H,32,33)(H,34,35). The zero-order valence-electron chi connectivity index (χ0n) is 20.9. The van der Waals surface area contributed by atoms with Crippen LogP contribution < -0.4 is 10.6 Å². The lowest BCUT2D eigenvalue weighted by Crippen LogP contribution is -2.51. The van der Waals surface area contributed by atoms with Gasteiger partial charge in [0.25, 0.3) is 11.8 Å². The largest absolute Gasteiger partial charge is 0.478 e. The molecular weight excluding hydrogens is 520 g/mol. The van der Waals surface area contributed by atoms with E-state index in [1.54, 1.807) is 0 Å². The molecule has 0 aromatic heterocycles. The van der Waals surface area contributed by atoms with Crippen molar-refractivity contribution in [2.45, 2.75) is 32.6 Å². The van der Waals surface area contributed by atoms with Crippen LogP contribution in [0.25, 0.3) is 0 Å². The maximum absolute atomic E-state index is 13.0. The monoisotopic (exact) mass is 544 g/mol. The van der Waals surface area contributed by atoms with Gasteiger partial charge in [-0.05, 0) is 35.9 Å². The molecule has 0 aliphatic heterocycles. The van der Waals surface area contributed by atoms with Gasteiger partial charge in [-0.3, -0.25) is 19.2 Å². The van der Waals surface area contributed by atoms with Gasteiger partial charge in [-0.2, -0.15) is 0 Å². The van der Waals surface area contributed by atoms with Crippen molar-refractivity contribution >= 4 is 47.3 Å². The maximum Gasteiger partial charge on any atom is 0.337 e. The highest BCUT2D eigenvalue weighted by Crippen LogP contribution is 2.18. The van der Waals surface area contributed by atoms with Crippen LogP contribution >= 0.6 is 0 Å². The van der Waals surface area contributed by atoms with E-state index in [1.807, 2.05) is 0 Å². The third kappa shape index (κ3) is 8.66. The molecule has 0 fully saturated rings. The Kier molecular flexibility index (Phi) is 10.2. The Morgan fingerprint density at radius 3 is 1.67 bits per heavy atom. The number of aromatic carboxylic acids is 2. The molecule has 0 spiro atoms. The number of methoxy groups -OCH3 is 1. The van der Waals surface area contributed by atoms with Crippen molar-refractivity contribution in [2.75, 3.05) is 12.4 Å². The number of carbonyl (C=O) groups is 7. The molecule has 14 heteroatoms. The number of hydrogen-bond donors (Lipinski definition) is 4. The third-order valence-corrected chi connectivity index (χ3v) is 4.91. The maximum atomic E-state index is 13.0. The summed E-state index contributed by atoms with van der Waals surface area (Å²) in [7, 11) is 1.22. The molecule has 0 radical (unpaired) electrons. The molecule has 4 N–H and O–H groups in total. The van der Waals surface area contributed by atoms with Crippen LogP contribution in [0.15, 0.2) is 42.5 Å². The van der Waals surface area contributed by atoms with E-state index in [9.17, 15) is 43.8 Å². The average molecular weight is 544 g/mol. The number of hydrogen-bond acceptors (Lipinski definition) is 10. The molecule has 0 aliphatic rings. The van der Waals surface area contributed by atoms with Gasteiger partial charge in [0, 0.05) is 26.1 Å². The Morgan fingerprint density at radius 1 is 0.744 bits per heavy atom. The van der Waals surface area contributed by atoms with Gasteiger partial charge in [0.1, 0.15) is 0 Å². The summed E-state index contributed by atoms with van der Waals surface area (Å²) in [6.07, 6.45) is -4.03. The van der Waals surface area contributed by atoms with Crippen LogP contribution in [0.4, 0.5) is 5.69 Å². The van der Waals surface area contributed by atoms with Crippen molar-refractivity contribution in [2.24, 2.45) is 0 Å². The number of rotatable bonds is 11. The number of nitrogens with one attached hydrogen (secondary N) is 2. The molecule has 14 nitrogen and oxygen atoms in total. The molecule has 0 aliphatic carbocycles. The number of amides is 2. The molecule has 2 aromatic rings. The first-order chi connectivity index (χ1) is 18.3. The van der Waals surface area contributed by atoms with Gasteiger partial charge in [0.05, 0.1) is 23.8 Å². The molecular formula is C25H24N2O12. The Hall–Kier alpha value is -5.27. The van der Waals surface area contributed by atoms with Crippen LogP contribution in [-0.2, 0) is 39.9 Å². The van der Waals surface area contributed by atoms with Gasteiger partial charge in [-0.15, -0.1) is 0 Å². The molecule has 2 atom stereocenters. The minimum atomic E-state index is -2.05. The fourth-order valence-electron chi connectivity index (χ4n) is 3.19. The van der Waals surface area contributed by atoms with E-state index in [2.05, 4.69) is 15.4 Å². The Bertz CT molecular complexity index is 1270. The van der Waals surface area contributed by atoms with Crippen LogP contribution in [0.3, 0.4) is 0 Å². The second kappa shape index (κ2) is 13.3. The predicted octanol–water partition coefficient (Wildman–Crippen LogP) is 0.988. The number of anilines is 1. The Morgan fingerprint density at radius 2 is 1.23 bits per heavy atom. The van der Waals surface area contributed by atoms with Crippen LogP contribution in [0.5, 0.6) is 0 Å². The van der Waals surface area contributed by atoms with Crippen LogP contribution in [0.1, 0.15) is 50.5 Å². The van der Waals surface area contributed by atoms with E-state index >= 15 is 0 Å². The van der Waals surface area contributed by atoms with Crippen LogP contribution in [0, 0.1) is 0 Å². The SMILES string of the molecule is COC(=O)c1ccc(CNC(=O)C(OC(C)=O)C(OC(C)=O)C(=O)Nc2cc(C(=O)O)cc(C(=O)O)c2)cc1. The second-order valence-corrected chi connectivity index (χ2v) is 7.86. The first kappa shape index (κ1) is 30.0. The van der Waals surface area contributed by atoms with E-state index in [0.29, 0.717) is 5.56 Å². The molecule has 2 unspecified atom stereocenters. The summed E-state index contributed by atoms with van der Waals surface area (Å²) < 4.78 is 14.5. The summed E-state index contributed by atoms with van der Waals surface area (Å²) in [5.41, 5.74) is -0.474. The van der Waals surface area contributed by atoms with Crippen molar-refractivity contribution in [1.29, 1.82) is 0 Å². The first-order valence-electron chi connectivity index (χ1n) is 11.0. The zero-order chi connectivity index (χ0) is 29.3. The minimum absolute atomic E-state index is 0.144. The quantitative estimate of drug-likeness (QED) is 0.230. The van der Waals surface area contributed by atoms with E-state index in [0.717, 1.165) is 32.0 Å². The highest BCUT2D eigenvalue weighted by Gasteiger charge is 2.39. The van der Waals surface area contributed by atoms with Gasteiger partial charge < -0.3 is 35.1 Å². The first-order valence-corrected chi connectivity index (χ1v) is 11.0.